The first-order valence-electron chi connectivity index (χ1n) is 13.5. The number of amides is 3. The van der Waals surface area contributed by atoms with Gasteiger partial charge in [-0.2, -0.15) is 0 Å². The summed E-state index contributed by atoms with van der Waals surface area (Å²) in [6.45, 7) is 5.75. The lowest BCUT2D eigenvalue weighted by atomic mass is 9.76. The van der Waals surface area contributed by atoms with Gasteiger partial charge in [-0.25, -0.2) is 4.90 Å². The van der Waals surface area contributed by atoms with E-state index < -0.39 is 41.2 Å². The standard InChI is InChI=1S/C31H31N3O5/c1-4-39-25(35)17-33-24-14-8-7-13-21(24)31(30(33)38)27-26(22(32-31)16-18(2)3)28(36)34(29(27)37)23-15-9-11-19-10-5-6-12-20(19)23/h5-15,18,22,26-27,32H,4,16-17H2,1-3H3/t22-,26+,27+,31+/m1/s1. The fourth-order valence-electron chi connectivity index (χ4n) is 6.79. The Balaban J connectivity index is 1.51. The van der Waals surface area contributed by atoms with Crippen LogP contribution in [0.25, 0.3) is 10.8 Å². The Morgan fingerprint density at radius 1 is 0.949 bits per heavy atom. The topological polar surface area (TPSA) is 96.0 Å². The normalized spacial score (nSPS) is 25.7. The molecule has 3 aromatic carbocycles. The van der Waals surface area contributed by atoms with Crippen LogP contribution in [0.15, 0.2) is 66.7 Å². The van der Waals surface area contributed by atoms with Crippen molar-refractivity contribution in [3.05, 3.63) is 72.3 Å². The van der Waals surface area contributed by atoms with Crippen molar-refractivity contribution < 1.29 is 23.9 Å². The van der Waals surface area contributed by atoms with E-state index >= 15 is 0 Å². The van der Waals surface area contributed by atoms with Crippen molar-refractivity contribution in [2.45, 2.75) is 38.8 Å². The molecule has 2 saturated heterocycles. The molecular weight excluding hydrogens is 494 g/mol. The Labute approximate surface area is 226 Å². The van der Waals surface area contributed by atoms with Gasteiger partial charge in [0.2, 0.25) is 11.8 Å². The molecule has 0 bridgehead atoms. The van der Waals surface area contributed by atoms with E-state index in [9.17, 15) is 19.2 Å². The molecule has 0 unspecified atom stereocenters. The third-order valence-electron chi connectivity index (χ3n) is 8.19. The van der Waals surface area contributed by atoms with Crippen molar-refractivity contribution in [2.24, 2.45) is 17.8 Å². The maximum Gasteiger partial charge on any atom is 0.326 e. The van der Waals surface area contributed by atoms with Crippen LogP contribution in [0, 0.1) is 17.8 Å². The van der Waals surface area contributed by atoms with Crippen molar-refractivity contribution in [3.8, 4) is 0 Å². The van der Waals surface area contributed by atoms with Crippen LogP contribution in [0.1, 0.15) is 32.8 Å². The molecule has 2 fully saturated rings. The van der Waals surface area contributed by atoms with Crippen molar-refractivity contribution in [2.75, 3.05) is 23.0 Å². The molecule has 1 spiro atoms. The predicted octanol–water partition coefficient (Wildman–Crippen LogP) is 3.77. The summed E-state index contributed by atoms with van der Waals surface area (Å²) in [7, 11) is 0. The first-order chi connectivity index (χ1) is 18.8. The lowest BCUT2D eigenvalue weighted by Crippen LogP contribution is -2.55. The number of fused-ring (bicyclic) bond motifs is 5. The molecule has 8 nitrogen and oxygen atoms in total. The number of esters is 1. The van der Waals surface area contributed by atoms with E-state index in [0.29, 0.717) is 23.4 Å². The second kappa shape index (κ2) is 9.31. The molecule has 0 aromatic heterocycles. The molecule has 200 valence electrons. The first kappa shape index (κ1) is 25.2. The van der Waals surface area contributed by atoms with Crippen LogP contribution in [0.5, 0.6) is 0 Å². The van der Waals surface area contributed by atoms with Crippen LogP contribution in [0.2, 0.25) is 0 Å². The molecule has 0 radical (unpaired) electrons. The van der Waals surface area contributed by atoms with Crippen LogP contribution in [-0.2, 0) is 29.5 Å². The summed E-state index contributed by atoms with van der Waals surface area (Å²) in [6, 6.07) is 20.0. The molecule has 8 heteroatoms. The molecule has 39 heavy (non-hydrogen) atoms. The summed E-state index contributed by atoms with van der Waals surface area (Å²) in [5.74, 6) is -3.09. The van der Waals surface area contributed by atoms with Gasteiger partial charge in [0, 0.05) is 22.7 Å². The zero-order chi connectivity index (χ0) is 27.5. The number of para-hydroxylation sites is 1. The number of nitrogens with zero attached hydrogens (tertiary/aromatic N) is 2. The minimum atomic E-state index is -1.46. The summed E-state index contributed by atoms with van der Waals surface area (Å²) in [5, 5.41) is 5.22. The van der Waals surface area contributed by atoms with Gasteiger partial charge < -0.3 is 4.74 Å². The molecule has 0 aliphatic carbocycles. The minimum Gasteiger partial charge on any atom is -0.465 e. The number of nitrogens with one attached hydrogen (secondary N) is 1. The highest BCUT2D eigenvalue weighted by molar-refractivity contribution is 6.28. The summed E-state index contributed by atoms with van der Waals surface area (Å²) in [4.78, 5) is 58.2. The Morgan fingerprint density at radius 3 is 2.41 bits per heavy atom. The number of hydrogen-bond donors (Lipinski definition) is 1. The fourth-order valence-corrected chi connectivity index (χ4v) is 6.79. The molecule has 3 aliphatic rings. The monoisotopic (exact) mass is 525 g/mol. The highest BCUT2D eigenvalue weighted by Crippen LogP contribution is 2.56. The zero-order valence-electron chi connectivity index (χ0n) is 22.2. The Kier molecular flexibility index (Phi) is 6.03. The molecule has 4 atom stereocenters. The highest BCUT2D eigenvalue weighted by Gasteiger charge is 2.71. The second-order valence-corrected chi connectivity index (χ2v) is 10.9. The highest BCUT2D eigenvalue weighted by atomic mass is 16.5. The SMILES string of the molecule is CCOC(=O)CN1C(=O)[C@]2(N[C@H](CC(C)C)[C@@H]3C(=O)N(c4cccc5ccccc45)C(=O)[C@H]32)c2ccccc21. The van der Waals surface area contributed by atoms with Crippen LogP contribution in [0.4, 0.5) is 11.4 Å². The average molecular weight is 526 g/mol. The number of hydrogen-bond acceptors (Lipinski definition) is 6. The van der Waals surface area contributed by atoms with Gasteiger partial charge in [0.05, 0.1) is 24.1 Å². The van der Waals surface area contributed by atoms with Gasteiger partial charge in [-0.05, 0) is 36.8 Å². The molecule has 6 rings (SSSR count). The van der Waals surface area contributed by atoms with E-state index in [1.165, 1.54) is 9.80 Å². The third-order valence-corrected chi connectivity index (χ3v) is 8.19. The number of rotatable bonds is 6. The van der Waals surface area contributed by atoms with Gasteiger partial charge in [-0.1, -0.05) is 68.4 Å². The zero-order valence-corrected chi connectivity index (χ0v) is 22.2. The number of carbonyl (C=O) groups excluding carboxylic acids is 4. The van der Waals surface area contributed by atoms with Crippen molar-refractivity contribution in [3.63, 3.8) is 0 Å². The summed E-state index contributed by atoms with van der Waals surface area (Å²) in [5.41, 5.74) is 0.231. The molecule has 3 aliphatic heterocycles. The number of anilines is 2. The number of imide groups is 1. The third kappa shape index (κ3) is 3.61. The van der Waals surface area contributed by atoms with Crippen molar-refractivity contribution >= 4 is 45.8 Å². The Bertz CT molecular complexity index is 1510. The smallest absolute Gasteiger partial charge is 0.326 e. The maximum absolute atomic E-state index is 14.4. The summed E-state index contributed by atoms with van der Waals surface area (Å²) < 4.78 is 5.15. The van der Waals surface area contributed by atoms with E-state index in [4.69, 9.17) is 4.74 Å². The molecule has 0 saturated carbocycles. The predicted molar refractivity (Wildman–Crippen MR) is 147 cm³/mol. The molecule has 3 aromatic rings. The van der Waals surface area contributed by atoms with Gasteiger partial charge in [0.15, 0.2) is 0 Å². The van der Waals surface area contributed by atoms with Crippen LogP contribution >= 0.6 is 0 Å². The number of benzene rings is 3. The van der Waals surface area contributed by atoms with Gasteiger partial charge in [0.25, 0.3) is 5.91 Å². The van der Waals surface area contributed by atoms with Crippen LogP contribution < -0.4 is 15.1 Å². The van der Waals surface area contributed by atoms with Crippen molar-refractivity contribution in [1.82, 2.24) is 5.32 Å². The van der Waals surface area contributed by atoms with Crippen molar-refractivity contribution in [1.29, 1.82) is 0 Å². The van der Waals surface area contributed by atoms with E-state index in [1.807, 2.05) is 48.5 Å². The van der Waals surface area contributed by atoms with E-state index in [0.717, 1.165) is 10.8 Å². The van der Waals surface area contributed by atoms with Gasteiger partial charge in [-0.15, -0.1) is 0 Å². The van der Waals surface area contributed by atoms with Gasteiger partial charge in [-0.3, -0.25) is 29.4 Å². The van der Waals surface area contributed by atoms with Crippen LogP contribution in [0.3, 0.4) is 0 Å². The lowest BCUT2D eigenvalue weighted by Gasteiger charge is -2.31. The van der Waals surface area contributed by atoms with E-state index in [1.54, 1.807) is 25.1 Å². The molecule has 3 heterocycles. The first-order valence-corrected chi connectivity index (χ1v) is 13.5. The number of carbonyl (C=O) groups is 4. The molecular formula is C31H31N3O5. The Morgan fingerprint density at radius 2 is 1.64 bits per heavy atom. The fraction of sp³-hybridized carbons (Fsp3) is 0.355. The van der Waals surface area contributed by atoms with Crippen LogP contribution in [-0.4, -0.2) is 42.9 Å². The molecule has 1 N–H and O–H groups in total. The Hall–Kier alpha value is -4.04. The lowest BCUT2D eigenvalue weighted by molar-refractivity contribution is -0.142. The largest absolute Gasteiger partial charge is 0.465 e. The van der Waals surface area contributed by atoms with Gasteiger partial charge >= 0.3 is 5.97 Å². The van der Waals surface area contributed by atoms with Gasteiger partial charge in [0.1, 0.15) is 12.1 Å². The summed E-state index contributed by atoms with van der Waals surface area (Å²) >= 11 is 0. The maximum atomic E-state index is 14.4. The quantitative estimate of drug-likeness (QED) is 0.389. The number of ether oxygens (including phenoxy) is 1. The van der Waals surface area contributed by atoms with E-state index in [2.05, 4.69) is 19.2 Å². The minimum absolute atomic E-state index is 0.194. The van der Waals surface area contributed by atoms with E-state index in [-0.39, 0.29) is 25.0 Å². The average Bonchev–Trinajstić information content (AvgIpc) is 3.47. The summed E-state index contributed by atoms with van der Waals surface area (Å²) in [6.07, 6.45) is 0.610. The second-order valence-electron chi connectivity index (χ2n) is 10.9. The molecule has 3 amide bonds.